The van der Waals surface area contributed by atoms with Gasteiger partial charge in [0.2, 0.25) is 0 Å². The molecule has 1 aliphatic heterocycles. The van der Waals surface area contributed by atoms with Crippen molar-refractivity contribution in [3.63, 3.8) is 0 Å². The van der Waals surface area contributed by atoms with Gasteiger partial charge in [-0.2, -0.15) is 0 Å². The zero-order valence-corrected chi connectivity index (χ0v) is 11.3. The number of likely N-dealkylation sites (tertiary alicyclic amines) is 1. The Morgan fingerprint density at radius 1 is 1.50 bits per heavy atom. The zero-order chi connectivity index (χ0) is 13.7. The van der Waals surface area contributed by atoms with Gasteiger partial charge in [0, 0.05) is 32.1 Å². The Hall–Kier alpha value is -1.30. The highest BCUT2D eigenvalue weighted by Crippen LogP contribution is 2.23. The number of urea groups is 1. The van der Waals surface area contributed by atoms with E-state index in [1.165, 1.54) is 0 Å². The number of carbonyl (C=O) groups excluding carboxylic acids is 1. The van der Waals surface area contributed by atoms with E-state index in [9.17, 15) is 9.59 Å². The number of hydrogen-bond acceptors (Lipinski definition) is 3. The van der Waals surface area contributed by atoms with E-state index in [1.54, 1.807) is 11.8 Å². The van der Waals surface area contributed by atoms with Gasteiger partial charge < -0.3 is 20.2 Å². The van der Waals surface area contributed by atoms with E-state index in [1.807, 2.05) is 7.05 Å². The van der Waals surface area contributed by atoms with Crippen LogP contribution in [-0.4, -0.2) is 66.7 Å². The molecule has 1 heterocycles. The summed E-state index contributed by atoms with van der Waals surface area (Å²) in [7, 11) is 2.00. The number of nitrogens with one attached hydrogen (secondary N) is 1. The maximum atomic E-state index is 11.7. The number of hydrogen-bond donors (Lipinski definition) is 2. The predicted molar refractivity (Wildman–Crippen MR) is 68.4 cm³/mol. The van der Waals surface area contributed by atoms with Crippen molar-refractivity contribution >= 4 is 12.0 Å². The molecule has 6 heteroatoms. The molecule has 0 saturated carbocycles. The Bertz CT molecular complexity index is 303. The van der Waals surface area contributed by atoms with E-state index in [0.717, 1.165) is 13.1 Å². The lowest BCUT2D eigenvalue weighted by atomic mass is 9.87. The smallest absolute Gasteiger partial charge is 0.317 e. The minimum atomic E-state index is -0.787. The molecular weight excluding hydrogens is 234 g/mol. The summed E-state index contributed by atoms with van der Waals surface area (Å²) in [6, 6.07) is -0.0895. The molecule has 0 aliphatic carbocycles. The van der Waals surface area contributed by atoms with Crippen LogP contribution in [0.1, 0.15) is 13.8 Å². The van der Waals surface area contributed by atoms with E-state index >= 15 is 0 Å². The summed E-state index contributed by atoms with van der Waals surface area (Å²) in [4.78, 5) is 26.2. The predicted octanol–water partition coefficient (Wildman–Crippen LogP) is 0.300. The zero-order valence-electron chi connectivity index (χ0n) is 11.3. The number of rotatable bonds is 6. The van der Waals surface area contributed by atoms with Crippen LogP contribution in [0.2, 0.25) is 0 Å². The molecule has 18 heavy (non-hydrogen) atoms. The van der Waals surface area contributed by atoms with Gasteiger partial charge in [-0.15, -0.1) is 0 Å². The molecule has 6 nitrogen and oxygen atoms in total. The molecule has 104 valence electrons. The lowest BCUT2D eigenvalue weighted by Crippen LogP contribution is -2.56. The third-order valence-electron chi connectivity index (χ3n) is 3.60. The van der Waals surface area contributed by atoms with Gasteiger partial charge in [-0.3, -0.25) is 4.79 Å². The molecular formula is C12H23N3O3. The van der Waals surface area contributed by atoms with Gasteiger partial charge in [0.05, 0.1) is 5.92 Å². The molecule has 1 saturated heterocycles. The molecule has 2 N–H and O–H groups in total. The highest BCUT2D eigenvalue weighted by Gasteiger charge is 2.36. The quantitative estimate of drug-likeness (QED) is 0.718. The van der Waals surface area contributed by atoms with Crippen LogP contribution < -0.4 is 5.32 Å². The van der Waals surface area contributed by atoms with Crippen LogP contribution in [-0.2, 0) is 4.79 Å². The first-order valence-electron chi connectivity index (χ1n) is 6.39. The summed E-state index contributed by atoms with van der Waals surface area (Å²) in [5, 5.41) is 11.7. The first-order chi connectivity index (χ1) is 8.45. The van der Waals surface area contributed by atoms with E-state index < -0.39 is 5.97 Å². The SMILES string of the molecule is CCN(C)CCNC(=O)N1CC(C(C)C(=O)O)C1. The maximum Gasteiger partial charge on any atom is 0.317 e. The van der Waals surface area contributed by atoms with Gasteiger partial charge in [0.25, 0.3) is 0 Å². The van der Waals surface area contributed by atoms with Crippen molar-refractivity contribution in [1.29, 1.82) is 0 Å². The lowest BCUT2D eigenvalue weighted by Gasteiger charge is -2.41. The first kappa shape index (κ1) is 14.8. The van der Waals surface area contributed by atoms with E-state index in [0.29, 0.717) is 19.6 Å². The third kappa shape index (κ3) is 3.87. The average Bonchev–Trinajstić information content (AvgIpc) is 2.26. The Balaban J connectivity index is 2.17. The van der Waals surface area contributed by atoms with Crippen molar-refractivity contribution < 1.29 is 14.7 Å². The van der Waals surface area contributed by atoms with Crippen molar-refractivity contribution in [2.24, 2.45) is 11.8 Å². The molecule has 1 fully saturated rings. The summed E-state index contributed by atoms with van der Waals surface area (Å²) in [5.41, 5.74) is 0. The van der Waals surface area contributed by atoms with Crippen LogP contribution >= 0.6 is 0 Å². The van der Waals surface area contributed by atoms with Crippen molar-refractivity contribution in [2.75, 3.05) is 39.8 Å². The Kier molecular flexibility index (Phi) is 5.40. The highest BCUT2D eigenvalue weighted by atomic mass is 16.4. The molecule has 0 spiro atoms. The van der Waals surface area contributed by atoms with Crippen molar-refractivity contribution in [1.82, 2.24) is 15.1 Å². The second-order valence-corrected chi connectivity index (χ2v) is 4.92. The first-order valence-corrected chi connectivity index (χ1v) is 6.39. The molecule has 0 aromatic heterocycles. The Labute approximate surface area is 108 Å². The standard InChI is InChI=1S/C12H23N3O3/c1-4-14(3)6-5-13-12(18)15-7-10(8-15)9(2)11(16)17/h9-10H,4-8H2,1-3H3,(H,13,18)(H,16,17). The molecule has 0 aromatic carbocycles. The van der Waals surface area contributed by atoms with E-state index in [4.69, 9.17) is 5.11 Å². The molecule has 0 bridgehead atoms. The van der Waals surface area contributed by atoms with Crippen molar-refractivity contribution in [3.05, 3.63) is 0 Å². The third-order valence-corrected chi connectivity index (χ3v) is 3.60. The molecule has 0 radical (unpaired) electrons. The fourth-order valence-corrected chi connectivity index (χ4v) is 1.82. The number of carbonyl (C=O) groups is 2. The largest absolute Gasteiger partial charge is 0.481 e. The van der Waals surface area contributed by atoms with Gasteiger partial charge in [0.1, 0.15) is 0 Å². The lowest BCUT2D eigenvalue weighted by molar-refractivity contribution is -0.144. The average molecular weight is 257 g/mol. The molecule has 1 atom stereocenters. The highest BCUT2D eigenvalue weighted by molar-refractivity contribution is 5.76. The molecule has 2 amide bonds. The molecule has 1 aliphatic rings. The van der Waals surface area contributed by atoms with Gasteiger partial charge >= 0.3 is 12.0 Å². The number of carboxylic acid groups (broad SMARTS) is 1. The molecule has 1 unspecified atom stereocenters. The van der Waals surface area contributed by atoms with Gasteiger partial charge in [-0.05, 0) is 13.6 Å². The van der Waals surface area contributed by atoms with Crippen LogP contribution in [0.5, 0.6) is 0 Å². The van der Waals surface area contributed by atoms with Crippen LogP contribution in [0.3, 0.4) is 0 Å². The number of likely N-dealkylation sites (N-methyl/N-ethyl adjacent to an activating group) is 1. The Morgan fingerprint density at radius 2 is 2.11 bits per heavy atom. The van der Waals surface area contributed by atoms with Crippen LogP contribution in [0, 0.1) is 11.8 Å². The summed E-state index contributed by atoms with van der Waals surface area (Å²) in [5.74, 6) is -1.07. The molecule has 1 rings (SSSR count). The maximum absolute atomic E-state index is 11.7. The second kappa shape index (κ2) is 6.58. The summed E-state index contributed by atoms with van der Waals surface area (Å²) < 4.78 is 0. The minimum absolute atomic E-state index is 0.0894. The fourth-order valence-electron chi connectivity index (χ4n) is 1.82. The van der Waals surface area contributed by atoms with Gasteiger partial charge in [0.15, 0.2) is 0 Å². The number of nitrogens with zero attached hydrogens (tertiary/aromatic N) is 2. The number of amides is 2. The molecule has 0 aromatic rings. The van der Waals surface area contributed by atoms with Crippen LogP contribution in [0.25, 0.3) is 0 Å². The van der Waals surface area contributed by atoms with Crippen LogP contribution in [0.15, 0.2) is 0 Å². The fraction of sp³-hybridized carbons (Fsp3) is 0.833. The monoisotopic (exact) mass is 257 g/mol. The van der Waals surface area contributed by atoms with E-state index in [-0.39, 0.29) is 17.9 Å². The summed E-state index contributed by atoms with van der Waals surface area (Å²) >= 11 is 0. The van der Waals surface area contributed by atoms with Gasteiger partial charge in [-0.1, -0.05) is 13.8 Å². The normalized spacial score (nSPS) is 17.4. The number of carboxylic acids is 1. The van der Waals surface area contributed by atoms with E-state index in [2.05, 4.69) is 17.1 Å². The Morgan fingerprint density at radius 3 is 2.61 bits per heavy atom. The topological polar surface area (TPSA) is 72.9 Å². The second-order valence-electron chi connectivity index (χ2n) is 4.92. The summed E-state index contributed by atoms with van der Waals surface area (Å²) in [6.07, 6.45) is 0. The van der Waals surface area contributed by atoms with Crippen molar-refractivity contribution in [2.45, 2.75) is 13.8 Å². The summed E-state index contributed by atoms with van der Waals surface area (Å²) in [6.45, 7) is 7.25. The van der Waals surface area contributed by atoms with Crippen LogP contribution in [0.4, 0.5) is 4.79 Å². The van der Waals surface area contributed by atoms with Crippen molar-refractivity contribution in [3.8, 4) is 0 Å². The van der Waals surface area contributed by atoms with Gasteiger partial charge in [-0.25, -0.2) is 4.79 Å². The minimum Gasteiger partial charge on any atom is -0.481 e. The number of aliphatic carboxylic acids is 1.